The molecule has 98 valence electrons. The van der Waals surface area contributed by atoms with Gasteiger partial charge in [-0.05, 0) is 25.7 Å². The molecule has 1 N–H and O–H groups in total. The lowest BCUT2D eigenvalue weighted by molar-refractivity contribution is 0.283. The molecule has 1 aromatic heterocycles. The van der Waals surface area contributed by atoms with Crippen LogP contribution >= 0.6 is 11.3 Å². The molecule has 1 heterocycles. The number of thiazole rings is 1. The zero-order valence-electron chi connectivity index (χ0n) is 11.5. The van der Waals surface area contributed by atoms with Crippen molar-refractivity contribution in [3.05, 3.63) is 10.6 Å². The number of aliphatic hydroxyl groups excluding tert-OH is 1. The van der Waals surface area contributed by atoms with Crippen LogP contribution in [0.2, 0.25) is 0 Å². The standard InChI is InChI=1S/C13H24N2OS/c1-6-9(3)12-11(8-16)17-13(14-12)15(5)10(4)7-2/h9-10,16H,6-8H2,1-5H3. The molecule has 0 aromatic carbocycles. The average molecular weight is 256 g/mol. The summed E-state index contributed by atoms with van der Waals surface area (Å²) >= 11 is 1.62. The first-order valence-electron chi connectivity index (χ1n) is 6.38. The Hall–Kier alpha value is -0.610. The summed E-state index contributed by atoms with van der Waals surface area (Å²) < 4.78 is 0. The van der Waals surface area contributed by atoms with Crippen LogP contribution in [0.25, 0.3) is 0 Å². The van der Waals surface area contributed by atoms with Crippen molar-refractivity contribution in [1.82, 2.24) is 4.98 Å². The number of hydrogen-bond acceptors (Lipinski definition) is 4. The molecule has 0 fully saturated rings. The van der Waals surface area contributed by atoms with Crippen molar-refractivity contribution in [2.45, 2.75) is 59.1 Å². The van der Waals surface area contributed by atoms with E-state index in [1.807, 2.05) is 0 Å². The van der Waals surface area contributed by atoms with Gasteiger partial charge in [0.15, 0.2) is 5.13 Å². The van der Waals surface area contributed by atoms with Gasteiger partial charge in [0.05, 0.1) is 17.2 Å². The maximum Gasteiger partial charge on any atom is 0.185 e. The topological polar surface area (TPSA) is 36.4 Å². The summed E-state index contributed by atoms with van der Waals surface area (Å²) in [5.41, 5.74) is 1.07. The normalized spacial score (nSPS) is 14.7. The van der Waals surface area contributed by atoms with E-state index in [1.54, 1.807) is 11.3 Å². The fraction of sp³-hybridized carbons (Fsp3) is 0.769. The van der Waals surface area contributed by atoms with Gasteiger partial charge in [0.2, 0.25) is 0 Å². The molecule has 0 aliphatic heterocycles. The van der Waals surface area contributed by atoms with Crippen molar-refractivity contribution in [1.29, 1.82) is 0 Å². The Balaban J connectivity index is 2.99. The first-order valence-corrected chi connectivity index (χ1v) is 7.19. The summed E-state index contributed by atoms with van der Waals surface area (Å²) in [7, 11) is 2.08. The van der Waals surface area contributed by atoms with Gasteiger partial charge in [-0.1, -0.05) is 32.1 Å². The molecular weight excluding hydrogens is 232 g/mol. The number of aromatic nitrogens is 1. The van der Waals surface area contributed by atoms with E-state index >= 15 is 0 Å². The molecule has 0 amide bonds. The van der Waals surface area contributed by atoms with Crippen molar-refractivity contribution >= 4 is 16.5 Å². The van der Waals surface area contributed by atoms with Crippen LogP contribution in [-0.4, -0.2) is 23.2 Å². The van der Waals surface area contributed by atoms with E-state index in [4.69, 9.17) is 4.98 Å². The summed E-state index contributed by atoms with van der Waals surface area (Å²) in [5.74, 6) is 0.424. The van der Waals surface area contributed by atoms with E-state index in [1.165, 1.54) is 0 Å². The average Bonchev–Trinajstić information content (AvgIpc) is 2.79. The van der Waals surface area contributed by atoms with Crippen LogP contribution in [0.5, 0.6) is 0 Å². The Morgan fingerprint density at radius 2 is 1.94 bits per heavy atom. The van der Waals surface area contributed by atoms with Crippen LogP contribution in [0.15, 0.2) is 0 Å². The summed E-state index contributed by atoms with van der Waals surface area (Å²) in [5, 5.41) is 10.4. The van der Waals surface area contributed by atoms with Crippen molar-refractivity contribution < 1.29 is 5.11 Å². The van der Waals surface area contributed by atoms with Gasteiger partial charge >= 0.3 is 0 Å². The minimum atomic E-state index is 0.103. The molecule has 0 aliphatic rings. The van der Waals surface area contributed by atoms with Gasteiger partial charge in [0.25, 0.3) is 0 Å². The monoisotopic (exact) mass is 256 g/mol. The van der Waals surface area contributed by atoms with Gasteiger partial charge in [-0.15, -0.1) is 0 Å². The lowest BCUT2D eigenvalue weighted by Crippen LogP contribution is -2.27. The van der Waals surface area contributed by atoms with Crippen LogP contribution in [0, 0.1) is 0 Å². The Morgan fingerprint density at radius 3 is 2.41 bits per heavy atom. The predicted molar refractivity (Wildman–Crippen MR) is 74.9 cm³/mol. The maximum absolute atomic E-state index is 9.41. The molecule has 0 bridgehead atoms. The molecule has 2 unspecified atom stereocenters. The predicted octanol–water partition coefficient (Wildman–Crippen LogP) is 3.38. The Morgan fingerprint density at radius 1 is 1.29 bits per heavy atom. The summed E-state index contributed by atoms with van der Waals surface area (Å²) in [6, 6.07) is 0.484. The summed E-state index contributed by atoms with van der Waals surface area (Å²) in [6.45, 7) is 8.80. The Kier molecular flexibility index (Phi) is 5.40. The molecule has 1 aromatic rings. The van der Waals surface area contributed by atoms with Crippen LogP contribution in [0.1, 0.15) is 57.0 Å². The molecule has 3 nitrogen and oxygen atoms in total. The molecule has 17 heavy (non-hydrogen) atoms. The van der Waals surface area contributed by atoms with Gasteiger partial charge in [-0.2, -0.15) is 0 Å². The number of aliphatic hydroxyl groups is 1. The second-order valence-electron chi connectivity index (χ2n) is 4.64. The van der Waals surface area contributed by atoms with E-state index in [9.17, 15) is 5.11 Å². The van der Waals surface area contributed by atoms with Crippen molar-refractivity contribution in [3.63, 3.8) is 0 Å². The number of nitrogens with zero attached hydrogens (tertiary/aromatic N) is 2. The second-order valence-corrected chi connectivity index (χ2v) is 5.70. The minimum absolute atomic E-state index is 0.103. The number of rotatable bonds is 6. The first-order chi connectivity index (χ1) is 8.04. The molecule has 2 atom stereocenters. The highest BCUT2D eigenvalue weighted by atomic mass is 32.1. The Labute approximate surface area is 108 Å². The van der Waals surface area contributed by atoms with Crippen molar-refractivity contribution in [2.24, 2.45) is 0 Å². The minimum Gasteiger partial charge on any atom is -0.391 e. The third-order valence-corrected chi connectivity index (χ3v) is 4.64. The second kappa shape index (κ2) is 6.36. The lowest BCUT2D eigenvalue weighted by atomic mass is 10.0. The molecule has 0 saturated heterocycles. The quantitative estimate of drug-likeness (QED) is 0.847. The molecule has 0 aliphatic carbocycles. The third-order valence-electron chi connectivity index (χ3n) is 3.49. The van der Waals surface area contributed by atoms with Crippen LogP contribution in [0.3, 0.4) is 0 Å². The van der Waals surface area contributed by atoms with Crippen LogP contribution < -0.4 is 4.90 Å². The van der Waals surface area contributed by atoms with E-state index in [-0.39, 0.29) is 6.61 Å². The van der Waals surface area contributed by atoms with Crippen molar-refractivity contribution in [2.75, 3.05) is 11.9 Å². The third kappa shape index (κ3) is 3.19. The van der Waals surface area contributed by atoms with E-state index in [0.29, 0.717) is 12.0 Å². The van der Waals surface area contributed by atoms with Gasteiger partial charge < -0.3 is 10.0 Å². The summed E-state index contributed by atoms with van der Waals surface area (Å²) in [6.07, 6.45) is 2.16. The molecule has 0 saturated carbocycles. The van der Waals surface area contributed by atoms with Crippen LogP contribution in [0.4, 0.5) is 5.13 Å². The number of hydrogen-bond donors (Lipinski definition) is 1. The zero-order valence-corrected chi connectivity index (χ0v) is 12.3. The highest BCUT2D eigenvalue weighted by Gasteiger charge is 2.19. The largest absolute Gasteiger partial charge is 0.391 e. The molecule has 4 heteroatoms. The molecule has 1 rings (SSSR count). The molecular formula is C13H24N2OS. The van der Waals surface area contributed by atoms with E-state index in [0.717, 1.165) is 28.5 Å². The molecule has 0 spiro atoms. The van der Waals surface area contributed by atoms with Crippen molar-refractivity contribution in [3.8, 4) is 0 Å². The first kappa shape index (κ1) is 14.5. The lowest BCUT2D eigenvalue weighted by Gasteiger charge is -2.22. The highest BCUT2D eigenvalue weighted by Crippen LogP contribution is 2.32. The number of anilines is 1. The van der Waals surface area contributed by atoms with Gasteiger partial charge in [-0.25, -0.2) is 4.98 Å². The van der Waals surface area contributed by atoms with Crippen LogP contribution in [-0.2, 0) is 6.61 Å². The zero-order chi connectivity index (χ0) is 13.0. The van der Waals surface area contributed by atoms with E-state index in [2.05, 4.69) is 39.6 Å². The maximum atomic E-state index is 9.41. The fourth-order valence-electron chi connectivity index (χ4n) is 1.66. The van der Waals surface area contributed by atoms with Gasteiger partial charge in [0, 0.05) is 13.1 Å². The fourth-order valence-corrected chi connectivity index (χ4v) is 2.76. The molecule has 0 radical (unpaired) electrons. The SMILES string of the molecule is CCC(C)c1nc(N(C)C(C)CC)sc1CO. The Bertz CT molecular complexity index is 351. The van der Waals surface area contributed by atoms with E-state index < -0.39 is 0 Å². The smallest absolute Gasteiger partial charge is 0.185 e. The van der Waals surface area contributed by atoms with Gasteiger partial charge in [-0.3, -0.25) is 0 Å². The van der Waals surface area contributed by atoms with Gasteiger partial charge in [0.1, 0.15) is 0 Å². The highest BCUT2D eigenvalue weighted by molar-refractivity contribution is 7.15. The summed E-state index contributed by atoms with van der Waals surface area (Å²) in [4.78, 5) is 7.93.